The molecule has 198 valence electrons. The second-order valence-electron chi connectivity index (χ2n) is 8.15. The number of halogens is 3. The Kier molecular flexibility index (Phi) is 9.24. The molecule has 0 aliphatic rings. The molecule has 3 aromatic carbocycles. The third kappa shape index (κ3) is 6.83. The minimum Gasteiger partial charge on any atom is -0.490 e. The summed E-state index contributed by atoms with van der Waals surface area (Å²) in [5, 5.41) is 20.4. The molecule has 0 aliphatic heterocycles. The lowest BCUT2D eigenvalue weighted by atomic mass is 10.1. The molecule has 0 unspecified atom stereocenters. The Bertz CT molecular complexity index is 1440. The fourth-order valence-electron chi connectivity index (χ4n) is 3.74. The largest absolute Gasteiger partial charge is 0.490 e. The van der Waals surface area contributed by atoms with E-state index in [1.54, 1.807) is 41.8 Å². The molecule has 0 saturated heterocycles. The molecule has 1 atom stereocenters. The van der Waals surface area contributed by atoms with Crippen molar-refractivity contribution in [2.75, 3.05) is 13.2 Å². The lowest BCUT2D eigenvalue weighted by molar-refractivity contribution is -0.479. The lowest BCUT2D eigenvalue weighted by Crippen LogP contribution is -2.12. The van der Waals surface area contributed by atoms with Gasteiger partial charge in [-0.25, -0.2) is 4.39 Å². The molecule has 0 N–H and O–H groups in total. The normalized spacial score (nSPS) is 11.8. The van der Waals surface area contributed by atoms with Gasteiger partial charge in [0.1, 0.15) is 23.5 Å². The number of benzene rings is 3. The van der Waals surface area contributed by atoms with Crippen LogP contribution in [0.1, 0.15) is 29.1 Å². The van der Waals surface area contributed by atoms with Crippen LogP contribution in [0, 0.1) is 22.9 Å². The first-order chi connectivity index (χ1) is 18.2. The number of thioether (sulfide) groups is 1. The zero-order valence-electron chi connectivity index (χ0n) is 20.4. The van der Waals surface area contributed by atoms with E-state index >= 15 is 0 Å². The Morgan fingerprint density at radius 2 is 1.92 bits per heavy atom. The zero-order chi connectivity index (χ0) is 27.2. The molecule has 0 amide bonds. The molecule has 1 heterocycles. The van der Waals surface area contributed by atoms with Crippen molar-refractivity contribution in [1.82, 2.24) is 14.8 Å². The molecule has 0 radical (unpaired) electrons. The molecule has 0 saturated carbocycles. The summed E-state index contributed by atoms with van der Waals surface area (Å²) in [4.78, 5) is 11.3. The maximum atomic E-state index is 13.5. The van der Waals surface area contributed by atoms with Crippen molar-refractivity contribution in [2.45, 2.75) is 30.9 Å². The van der Waals surface area contributed by atoms with Gasteiger partial charge in [-0.1, -0.05) is 35.5 Å². The second-order valence-corrected chi connectivity index (χ2v) is 10.6. The van der Waals surface area contributed by atoms with Crippen molar-refractivity contribution in [1.29, 1.82) is 0 Å². The molecule has 8 nitrogen and oxygen atoms in total. The predicted molar refractivity (Wildman–Crippen MR) is 148 cm³/mol. The summed E-state index contributed by atoms with van der Waals surface area (Å²) < 4.78 is 27.7. The van der Waals surface area contributed by atoms with E-state index in [-0.39, 0.29) is 23.9 Å². The SMILES string of the molecule is CCOc1cc([C@@H](C[N+](=O)[O-])Sc2nnc(C)n2-c2ccc(F)cc2)cc(Br)c1OCc1cccc(Cl)c1. The maximum absolute atomic E-state index is 13.5. The number of hydrogen-bond donors (Lipinski definition) is 0. The van der Waals surface area contributed by atoms with Crippen LogP contribution in [0.3, 0.4) is 0 Å². The van der Waals surface area contributed by atoms with Gasteiger partial charge in [-0.2, -0.15) is 0 Å². The molecule has 1 aromatic heterocycles. The molecule has 0 bridgehead atoms. The van der Waals surface area contributed by atoms with Crippen molar-refractivity contribution in [3.63, 3.8) is 0 Å². The van der Waals surface area contributed by atoms with Gasteiger partial charge in [0.15, 0.2) is 16.7 Å². The Morgan fingerprint density at radius 3 is 2.61 bits per heavy atom. The van der Waals surface area contributed by atoms with Crippen LogP contribution in [0.25, 0.3) is 5.69 Å². The van der Waals surface area contributed by atoms with Gasteiger partial charge in [0.05, 0.1) is 11.1 Å². The quantitative estimate of drug-likeness (QED) is 0.0992. The van der Waals surface area contributed by atoms with Crippen molar-refractivity contribution in [3.8, 4) is 17.2 Å². The van der Waals surface area contributed by atoms with Crippen molar-refractivity contribution in [3.05, 3.63) is 103 Å². The van der Waals surface area contributed by atoms with Crippen LogP contribution in [-0.4, -0.2) is 32.8 Å². The highest BCUT2D eigenvalue weighted by molar-refractivity contribution is 9.10. The average molecular weight is 622 g/mol. The van der Waals surface area contributed by atoms with E-state index in [0.717, 1.165) is 5.56 Å². The van der Waals surface area contributed by atoms with Gasteiger partial charge in [-0.3, -0.25) is 14.7 Å². The maximum Gasteiger partial charge on any atom is 0.220 e. The summed E-state index contributed by atoms with van der Waals surface area (Å²) in [6.45, 7) is 3.86. The minimum absolute atomic E-state index is 0.256. The highest BCUT2D eigenvalue weighted by Crippen LogP contribution is 2.43. The topological polar surface area (TPSA) is 92.3 Å². The first kappa shape index (κ1) is 27.9. The van der Waals surface area contributed by atoms with Gasteiger partial charge >= 0.3 is 0 Å². The standard InChI is InChI=1S/C26H23BrClFN4O4S/c1-3-36-23-13-18(12-22(27)25(23)37-15-17-5-4-6-19(28)11-17)24(14-32(34)35)38-26-31-30-16(2)33(26)21-9-7-20(29)8-10-21/h4-13,24H,3,14-15H2,1-2H3/t24-/m1/s1. The summed E-state index contributed by atoms with van der Waals surface area (Å²) in [6, 6.07) is 16.8. The van der Waals surface area contributed by atoms with Gasteiger partial charge in [-0.15, -0.1) is 10.2 Å². The van der Waals surface area contributed by atoms with Crippen LogP contribution in [0.4, 0.5) is 4.39 Å². The third-order valence-electron chi connectivity index (χ3n) is 5.42. The lowest BCUT2D eigenvalue weighted by Gasteiger charge is -2.19. The Balaban J connectivity index is 1.67. The van der Waals surface area contributed by atoms with Crippen LogP contribution < -0.4 is 9.47 Å². The van der Waals surface area contributed by atoms with E-state index in [0.29, 0.717) is 49.8 Å². The van der Waals surface area contributed by atoms with Gasteiger partial charge in [0.2, 0.25) is 6.54 Å². The number of hydrogen-bond acceptors (Lipinski definition) is 7. The summed E-state index contributed by atoms with van der Waals surface area (Å²) >= 11 is 10.8. The first-order valence-corrected chi connectivity index (χ1v) is 13.6. The van der Waals surface area contributed by atoms with Crippen LogP contribution >= 0.6 is 39.3 Å². The van der Waals surface area contributed by atoms with Crippen LogP contribution in [0.15, 0.2) is 70.3 Å². The summed E-state index contributed by atoms with van der Waals surface area (Å²) in [5.41, 5.74) is 2.17. The Morgan fingerprint density at radius 1 is 1.16 bits per heavy atom. The zero-order valence-corrected chi connectivity index (χ0v) is 23.6. The highest BCUT2D eigenvalue weighted by Gasteiger charge is 2.26. The van der Waals surface area contributed by atoms with E-state index in [1.165, 1.54) is 23.9 Å². The Hall–Kier alpha value is -3.15. The van der Waals surface area contributed by atoms with Crippen molar-refractivity contribution < 1.29 is 18.8 Å². The van der Waals surface area contributed by atoms with Gasteiger partial charge in [-0.05, 0) is 89.4 Å². The molecule has 0 spiro atoms. The molecular formula is C26H23BrClFN4O4S. The minimum atomic E-state index is -0.634. The fraction of sp³-hybridized carbons (Fsp3) is 0.231. The number of ether oxygens (including phenoxy) is 2. The van der Waals surface area contributed by atoms with Gasteiger partial charge in [0.25, 0.3) is 0 Å². The van der Waals surface area contributed by atoms with E-state index in [4.69, 9.17) is 21.1 Å². The number of aryl methyl sites for hydroxylation is 1. The van der Waals surface area contributed by atoms with Crippen LogP contribution in [-0.2, 0) is 6.61 Å². The molecule has 0 aliphatic carbocycles. The van der Waals surface area contributed by atoms with Crippen LogP contribution in [0.5, 0.6) is 11.5 Å². The number of nitro groups is 1. The van der Waals surface area contributed by atoms with Gasteiger partial charge < -0.3 is 9.47 Å². The number of aromatic nitrogens is 3. The summed E-state index contributed by atoms with van der Waals surface area (Å²) in [5.74, 6) is 1.13. The number of nitrogens with zero attached hydrogens (tertiary/aromatic N) is 4. The van der Waals surface area contributed by atoms with E-state index in [9.17, 15) is 14.5 Å². The van der Waals surface area contributed by atoms with E-state index < -0.39 is 5.25 Å². The van der Waals surface area contributed by atoms with Crippen LogP contribution in [0.2, 0.25) is 5.02 Å². The molecule has 0 fully saturated rings. The average Bonchev–Trinajstić information content (AvgIpc) is 3.23. The van der Waals surface area contributed by atoms with Crippen molar-refractivity contribution >= 4 is 39.3 Å². The number of rotatable bonds is 11. The smallest absolute Gasteiger partial charge is 0.220 e. The summed E-state index contributed by atoms with van der Waals surface area (Å²) in [6.07, 6.45) is 0. The Labute approximate surface area is 236 Å². The third-order valence-corrected chi connectivity index (χ3v) is 7.42. The predicted octanol–water partition coefficient (Wildman–Crippen LogP) is 7.22. The first-order valence-electron chi connectivity index (χ1n) is 11.5. The summed E-state index contributed by atoms with van der Waals surface area (Å²) in [7, 11) is 0. The second kappa shape index (κ2) is 12.6. The van der Waals surface area contributed by atoms with E-state index in [2.05, 4.69) is 26.1 Å². The molecule has 4 rings (SSSR count). The fourth-order valence-corrected chi connectivity index (χ4v) is 5.68. The van der Waals surface area contributed by atoms with E-state index in [1.807, 2.05) is 25.1 Å². The molecule has 12 heteroatoms. The molecule has 4 aromatic rings. The molecule has 38 heavy (non-hydrogen) atoms. The monoisotopic (exact) mass is 620 g/mol. The van der Waals surface area contributed by atoms with Crippen molar-refractivity contribution in [2.24, 2.45) is 0 Å². The molecular weight excluding hydrogens is 599 g/mol. The van der Waals surface area contributed by atoms with Gasteiger partial charge in [0, 0.05) is 15.6 Å². The highest BCUT2D eigenvalue weighted by atomic mass is 79.9.